The Morgan fingerprint density at radius 2 is 1.61 bits per heavy atom. The molecule has 28 heavy (non-hydrogen) atoms. The maximum Gasteiger partial charge on any atom is 0.261 e. The first-order chi connectivity index (χ1) is 13.3. The summed E-state index contributed by atoms with van der Waals surface area (Å²) in [5, 5.41) is 2.86. The number of anilines is 1. The monoisotopic (exact) mass is 394 g/mol. The van der Waals surface area contributed by atoms with Gasteiger partial charge in [0.2, 0.25) is 0 Å². The second-order valence-electron chi connectivity index (χ2n) is 6.61. The Bertz CT molecular complexity index is 1090. The second-order valence-corrected chi connectivity index (χ2v) is 8.29. The number of nitrogens with one attached hydrogen (secondary N) is 2. The van der Waals surface area contributed by atoms with E-state index in [2.05, 4.69) is 10.0 Å². The molecule has 0 aliphatic heterocycles. The molecule has 0 fully saturated rings. The Kier molecular flexibility index (Phi) is 5.80. The maximum absolute atomic E-state index is 12.5. The van der Waals surface area contributed by atoms with Crippen LogP contribution in [0, 0.1) is 13.8 Å². The molecule has 1 amide bonds. The molecule has 3 aromatic carbocycles. The Morgan fingerprint density at radius 1 is 0.893 bits per heavy atom. The number of sulfonamides is 1. The van der Waals surface area contributed by atoms with Crippen molar-refractivity contribution in [2.75, 3.05) is 4.72 Å². The lowest BCUT2D eigenvalue weighted by molar-refractivity contribution is 0.0951. The van der Waals surface area contributed by atoms with Crippen LogP contribution in [0.1, 0.15) is 27.0 Å². The summed E-state index contributed by atoms with van der Waals surface area (Å²) >= 11 is 0. The van der Waals surface area contributed by atoms with E-state index in [1.807, 2.05) is 44.2 Å². The molecular weight excluding hydrogens is 372 g/mol. The van der Waals surface area contributed by atoms with Gasteiger partial charge in [-0.3, -0.25) is 9.52 Å². The summed E-state index contributed by atoms with van der Waals surface area (Å²) in [7, 11) is -3.72. The highest BCUT2D eigenvalue weighted by atomic mass is 32.2. The number of hydrogen-bond acceptors (Lipinski definition) is 3. The minimum absolute atomic E-state index is 0.101. The molecule has 5 nitrogen and oxygen atoms in total. The van der Waals surface area contributed by atoms with Crippen molar-refractivity contribution in [3.63, 3.8) is 0 Å². The molecule has 0 heterocycles. The van der Waals surface area contributed by atoms with Gasteiger partial charge in [-0.2, -0.15) is 0 Å². The predicted octanol–water partition coefficient (Wildman–Crippen LogP) is 4.03. The average molecular weight is 394 g/mol. The number of carbonyl (C=O) groups excluding carboxylic acids is 1. The predicted molar refractivity (Wildman–Crippen MR) is 111 cm³/mol. The summed E-state index contributed by atoms with van der Waals surface area (Å²) in [5.74, 6) is -0.251. The molecule has 0 unspecified atom stereocenters. The van der Waals surface area contributed by atoms with Crippen molar-refractivity contribution in [3.05, 3.63) is 95.1 Å². The van der Waals surface area contributed by atoms with Crippen molar-refractivity contribution in [3.8, 4) is 0 Å². The van der Waals surface area contributed by atoms with Gasteiger partial charge in [-0.25, -0.2) is 8.42 Å². The van der Waals surface area contributed by atoms with Crippen molar-refractivity contribution in [2.24, 2.45) is 0 Å². The molecule has 144 valence electrons. The van der Waals surface area contributed by atoms with E-state index in [0.717, 1.165) is 16.7 Å². The van der Waals surface area contributed by atoms with Gasteiger partial charge in [0.05, 0.1) is 4.90 Å². The summed E-state index contributed by atoms with van der Waals surface area (Å²) in [6, 6.07) is 20.8. The van der Waals surface area contributed by atoms with Crippen molar-refractivity contribution in [1.29, 1.82) is 0 Å². The molecule has 0 saturated heterocycles. The van der Waals surface area contributed by atoms with Crippen LogP contribution < -0.4 is 10.0 Å². The highest BCUT2D eigenvalue weighted by Crippen LogP contribution is 2.18. The van der Waals surface area contributed by atoms with E-state index in [-0.39, 0.29) is 10.8 Å². The van der Waals surface area contributed by atoms with Gasteiger partial charge < -0.3 is 5.32 Å². The van der Waals surface area contributed by atoms with Gasteiger partial charge in [-0.15, -0.1) is 0 Å². The van der Waals surface area contributed by atoms with Crippen LogP contribution in [-0.4, -0.2) is 14.3 Å². The average Bonchev–Trinajstić information content (AvgIpc) is 2.67. The lowest BCUT2D eigenvalue weighted by Crippen LogP contribution is -2.23. The van der Waals surface area contributed by atoms with E-state index in [1.165, 1.54) is 24.3 Å². The largest absolute Gasteiger partial charge is 0.348 e. The molecule has 3 aromatic rings. The van der Waals surface area contributed by atoms with Crippen LogP contribution in [-0.2, 0) is 16.6 Å². The molecule has 0 spiro atoms. The summed E-state index contributed by atoms with van der Waals surface area (Å²) < 4.78 is 27.6. The van der Waals surface area contributed by atoms with Gasteiger partial charge >= 0.3 is 0 Å². The molecule has 0 aromatic heterocycles. The molecule has 2 N–H and O–H groups in total. The zero-order chi connectivity index (χ0) is 20.1. The first-order valence-electron chi connectivity index (χ1n) is 8.87. The van der Waals surface area contributed by atoms with E-state index in [4.69, 9.17) is 0 Å². The number of carbonyl (C=O) groups is 1. The fraction of sp³-hybridized carbons (Fsp3) is 0.136. The van der Waals surface area contributed by atoms with Crippen LogP contribution in [0.3, 0.4) is 0 Å². The van der Waals surface area contributed by atoms with E-state index < -0.39 is 10.0 Å². The van der Waals surface area contributed by atoms with Crippen molar-refractivity contribution in [2.45, 2.75) is 25.3 Å². The van der Waals surface area contributed by atoms with E-state index in [1.54, 1.807) is 18.2 Å². The smallest absolute Gasteiger partial charge is 0.261 e. The fourth-order valence-corrected chi connectivity index (χ4v) is 3.84. The first-order valence-corrected chi connectivity index (χ1v) is 10.4. The number of amides is 1. The van der Waals surface area contributed by atoms with Gasteiger partial charge in [0.25, 0.3) is 15.9 Å². The standard InChI is InChI=1S/C22H22N2O3S/c1-16-6-5-9-20(14-16)24-28(26,27)21-12-10-18(11-13-21)22(25)23-15-19-8-4-3-7-17(19)2/h3-14,24H,15H2,1-2H3,(H,23,25). The van der Waals surface area contributed by atoms with Crippen LogP contribution in [0.25, 0.3) is 0 Å². The zero-order valence-corrected chi connectivity index (χ0v) is 16.6. The summed E-state index contributed by atoms with van der Waals surface area (Å²) in [5.41, 5.74) is 4.01. The first kappa shape index (κ1) is 19.6. The lowest BCUT2D eigenvalue weighted by atomic mass is 10.1. The maximum atomic E-state index is 12.5. The van der Waals surface area contributed by atoms with Crippen molar-refractivity contribution < 1.29 is 13.2 Å². The number of aryl methyl sites for hydroxylation is 2. The quantitative estimate of drug-likeness (QED) is 0.663. The SMILES string of the molecule is Cc1cccc(NS(=O)(=O)c2ccc(C(=O)NCc3ccccc3C)cc2)c1. The third-order valence-electron chi connectivity index (χ3n) is 4.40. The zero-order valence-electron chi connectivity index (χ0n) is 15.8. The van der Waals surface area contributed by atoms with Crippen LogP contribution in [0.4, 0.5) is 5.69 Å². The molecule has 6 heteroatoms. The molecule has 0 radical (unpaired) electrons. The molecule has 0 saturated carbocycles. The molecule has 0 aliphatic rings. The summed E-state index contributed by atoms with van der Waals surface area (Å²) in [6.07, 6.45) is 0. The van der Waals surface area contributed by atoms with Crippen LogP contribution in [0.2, 0.25) is 0 Å². The van der Waals surface area contributed by atoms with E-state index in [0.29, 0.717) is 17.8 Å². The summed E-state index contributed by atoms with van der Waals surface area (Å²) in [4.78, 5) is 12.4. The number of rotatable bonds is 6. The van der Waals surface area contributed by atoms with Crippen LogP contribution in [0.15, 0.2) is 77.7 Å². The third kappa shape index (κ3) is 4.78. The Labute approximate surface area is 165 Å². The molecular formula is C22H22N2O3S. The topological polar surface area (TPSA) is 75.3 Å². The van der Waals surface area contributed by atoms with E-state index in [9.17, 15) is 13.2 Å². The normalized spacial score (nSPS) is 11.1. The van der Waals surface area contributed by atoms with Crippen molar-refractivity contribution in [1.82, 2.24) is 5.32 Å². The molecule has 0 bridgehead atoms. The summed E-state index contributed by atoms with van der Waals surface area (Å²) in [6.45, 7) is 4.30. The minimum Gasteiger partial charge on any atom is -0.348 e. The second kappa shape index (κ2) is 8.27. The highest BCUT2D eigenvalue weighted by molar-refractivity contribution is 7.92. The Morgan fingerprint density at radius 3 is 2.29 bits per heavy atom. The molecule has 0 atom stereocenters. The van der Waals surface area contributed by atoms with Gasteiger partial charge in [-0.1, -0.05) is 36.4 Å². The van der Waals surface area contributed by atoms with Gasteiger partial charge in [0.15, 0.2) is 0 Å². The Balaban J connectivity index is 1.68. The van der Waals surface area contributed by atoms with E-state index >= 15 is 0 Å². The van der Waals surface area contributed by atoms with Gasteiger partial charge in [-0.05, 0) is 66.9 Å². The highest BCUT2D eigenvalue weighted by Gasteiger charge is 2.15. The number of benzene rings is 3. The lowest BCUT2D eigenvalue weighted by Gasteiger charge is -2.10. The number of hydrogen-bond donors (Lipinski definition) is 2. The molecule has 3 rings (SSSR count). The third-order valence-corrected chi connectivity index (χ3v) is 5.79. The van der Waals surface area contributed by atoms with Gasteiger partial charge in [0.1, 0.15) is 0 Å². The van der Waals surface area contributed by atoms with Crippen molar-refractivity contribution >= 4 is 21.6 Å². The Hall–Kier alpha value is -3.12. The fourth-order valence-electron chi connectivity index (χ4n) is 2.79. The van der Waals surface area contributed by atoms with Crippen LogP contribution >= 0.6 is 0 Å². The van der Waals surface area contributed by atoms with Gasteiger partial charge in [0, 0.05) is 17.8 Å². The minimum atomic E-state index is -3.72. The van der Waals surface area contributed by atoms with Crippen LogP contribution in [0.5, 0.6) is 0 Å². The molecule has 0 aliphatic carbocycles.